The van der Waals surface area contributed by atoms with E-state index in [1.807, 2.05) is 0 Å². The zero-order chi connectivity index (χ0) is 12.5. The minimum Gasteiger partial charge on any atom is -0.378 e. The lowest BCUT2D eigenvalue weighted by Gasteiger charge is -2.06. The van der Waals surface area contributed by atoms with Crippen molar-refractivity contribution >= 4 is 11.0 Å². The topological polar surface area (TPSA) is 37.9 Å². The van der Waals surface area contributed by atoms with Crippen molar-refractivity contribution in [3.05, 3.63) is 29.6 Å². The highest BCUT2D eigenvalue weighted by molar-refractivity contribution is 5.75. The minimum atomic E-state index is -0.861. The quantitative estimate of drug-likeness (QED) is 0.912. The van der Waals surface area contributed by atoms with Crippen molar-refractivity contribution in [1.82, 2.24) is 9.97 Å². The number of halogens is 2. The summed E-state index contributed by atoms with van der Waals surface area (Å²) in [4.78, 5) is 7.27. The van der Waals surface area contributed by atoms with Crippen LogP contribution in [0.4, 0.5) is 8.78 Å². The second-order valence-electron chi connectivity index (χ2n) is 4.64. The maximum atomic E-state index is 13.0. The van der Waals surface area contributed by atoms with E-state index in [2.05, 4.69) is 9.97 Å². The van der Waals surface area contributed by atoms with Crippen LogP contribution in [0.15, 0.2) is 12.1 Å². The molecule has 0 bridgehead atoms. The lowest BCUT2D eigenvalue weighted by molar-refractivity contribution is 0.104. The van der Waals surface area contributed by atoms with Gasteiger partial charge in [-0.25, -0.2) is 13.8 Å². The monoisotopic (exact) mass is 252 g/mol. The zero-order valence-corrected chi connectivity index (χ0v) is 9.88. The van der Waals surface area contributed by atoms with E-state index in [1.165, 1.54) is 0 Å². The largest absolute Gasteiger partial charge is 0.378 e. The molecule has 1 fully saturated rings. The Morgan fingerprint density at radius 1 is 1.33 bits per heavy atom. The second-order valence-corrected chi connectivity index (χ2v) is 4.64. The molecule has 0 amide bonds. The van der Waals surface area contributed by atoms with E-state index in [0.29, 0.717) is 17.1 Å². The number of imidazole rings is 1. The van der Waals surface area contributed by atoms with Gasteiger partial charge < -0.3 is 9.72 Å². The average molecular weight is 252 g/mol. The first kappa shape index (κ1) is 11.6. The van der Waals surface area contributed by atoms with Crippen LogP contribution in [0.5, 0.6) is 0 Å². The molecular weight excluding hydrogens is 238 g/mol. The average Bonchev–Trinajstić information content (AvgIpc) is 2.96. The van der Waals surface area contributed by atoms with Gasteiger partial charge in [-0.05, 0) is 19.3 Å². The molecule has 18 heavy (non-hydrogen) atoms. The van der Waals surface area contributed by atoms with Crippen molar-refractivity contribution in [2.45, 2.75) is 31.8 Å². The van der Waals surface area contributed by atoms with Gasteiger partial charge in [-0.3, -0.25) is 0 Å². The van der Waals surface area contributed by atoms with Gasteiger partial charge in [0.05, 0.1) is 17.1 Å². The van der Waals surface area contributed by atoms with Crippen LogP contribution in [0.3, 0.4) is 0 Å². The summed E-state index contributed by atoms with van der Waals surface area (Å²) in [6.45, 7) is 0.835. The molecule has 2 heterocycles. The molecule has 1 saturated heterocycles. The van der Waals surface area contributed by atoms with Crippen molar-refractivity contribution < 1.29 is 13.5 Å². The van der Waals surface area contributed by atoms with E-state index >= 15 is 0 Å². The first-order valence-corrected chi connectivity index (χ1v) is 6.17. The Bertz CT molecular complexity index is 522. The highest BCUT2D eigenvalue weighted by Crippen LogP contribution is 2.20. The van der Waals surface area contributed by atoms with Crippen molar-refractivity contribution in [2.24, 2.45) is 0 Å². The Balaban J connectivity index is 1.76. The van der Waals surface area contributed by atoms with Crippen molar-refractivity contribution in [3.8, 4) is 0 Å². The van der Waals surface area contributed by atoms with Crippen LogP contribution in [0, 0.1) is 11.6 Å². The molecule has 1 unspecified atom stereocenters. The van der Waals surface area contributed by atoms with Gasteiger partial charge in [-0.15, -0.1) is 0 Å². The van der Waals surface area contributed by atoms with Crippen LogP contribution in [-0.2, 0) is 11.2 Å². The molecule has 1 aliphatic heterocycles. The molecule has 96 valence electrons. The normalized spacial score (nSPS) is 19.8. The number of aryl methyl sites for hydroxylation is 1. The van der Waals surface area contributed by atoms with Crippen LogP contribution >= 0.6 is 0 Å². The number of nitrogens with one attached hydrogen (secondary N) is 1. The molecule has 0 spiro atoms. The number of benzene rings is 1. The zero-order valence-electron chi connectivity index (χ0n) is 9.88. The standard InChI is InChI=1S/C13H14F2N2O/c14-9-6-11-12(7-10(9)15)17-13(16-11)4-3-8-2-1-5-18-8/h6-8H,1-5H2,(H,16,17). The molecule has 3 rings (SSSR count). The lowest BCUT2D eigenvalue weighted by Crippen LogP contribution is -2.06. The van der Waals surface area contributed by atoms with Crippen LogP contribution in [0.2, 0.25) is 0 Å². The Morgan fingerprint density at radius 2 is 2.17 bits per heavy atom. The maximum absolute atomic E-state index is 13.0. The molecule has 0 saturated carbocycles. The lowest BCUT2D eigenvalue weighted by atomic mass is 10.1. The van der Waals surface area contributed by atoms with E-state index in [9.17, 15) is 8.78 Å². The third-order valence-corrected chi connectivity index (χ3v) is 3.30. The van der Waals surface area contributed by atoms with Gasteiger partial charge in [0, 0.05) is 25.2 Å². The van der Waals surface area contributed by atoms with Crippen molar-refractivity contribution in [1.29, 1.82) is 0 Å². The number of ether oxygens (including phenoxy) is 1. The van der Waals surface area contributed by atoms with Crippen molar-refractivity contribution in [3.63, 3.8) is 0 Å². The van der Waals surface area contributed by atoms with E-state index in [4.69, 9.17) is 4.74 Å². The number of fused-ring (bicyclic) bond motifs is 1. The van der Waals surface area contributed by atoms with Crippen LogP contribution in [-0.4, -0.2) is 22.7 Å². The third-order valence-electron chi connectivity index (χ3n) is 3.30. The summed E-state index contributed by atoms with van der Waals surface area (Å²) >= 11 is 0. The number of aromatic amines is 1. The summed E-state index contributed by atoms with van der Waals surface area (Å²) in [5.74, 6) is -0.956. The molecule has 1 N–H and O–H groups in total. The Labute approximate surface area is 103 Å². The molecule has 1 aliphatic rings. The van der Waals surface area contributed by atoms with Gasteiger partial charge in [0.2, 0.25) is 0 Å². The molecule has 0 aliphatic carbocycles. The van der Waals surface area contributed by atoms with Gasteiger partial charge >= 0.3 is 0 Å². The van der Waals surface area contributed by atoms with Gasteiger partial charge in [-0.1, -0.05) is 0 Å². The highest BCUT2D eigenvalue weighted by Gasteiger charge is 2.16. The molecule has 1 atom stereocenters. The van der Waals surface area contributed by atoms with Gasteiger partial charge in [-0.2, -0.15) is 0 Å². The first-order valence-electron chi connectivity index (χ1n) is 6.17. The van der Waals surface area contributed by atoms with Crippen molar-refractivity contribution in [2.75, 3.05) is 6.61 Å². The highest BCUT2D eigenvalue weighted by atomic mass is 19.2. The molecule has 1 aromatic heterocycles. The van der Waals surface area contributed by atoms with E-state index in [0.717, 1.165) is 50.2 Å². The number of rotatable bonds is 3. The smallest absolute Gasteiger partial charge is 0.161 e. The summed E-state index contributed by atoms with van der Waals surface area (Å²) in [6.07, 6.45) is 4.13. The Morgan fingerprint density at radius 3 is 2.94 bits per heavy atom. The molecule has 1 aromatic carbocycles. The summed E-state index contributed by atoms with van der Waals surface area (Å²) in [5.41, 5.74) is 1.01. The van der Waals surface area contributed by atoms with E-state index < -0.39 is 11.6 Å². The summed E-state index contributed by atoms with van der Waals surface area (Å²) in [7, 11) is 0. The molecule has 3 nitrogen and oxygen atoms in total. The fourth-order valence-electron chi connectivity index (χ4n) is 2.35. The predicted molar refractivity (Wildman–Crippen MR) is 63.3 cm³/mol. The van der Waals surface area contributed by atoms with Crippen LogP contribution in [0.25, 0.3) is 11.0 Å². The van der Waals surface area contributed by atoms with Crippen LogP contribution < -0.4 is 0 Å². The molecule has 0 radical (unpaired) electrons. The fraction of sp³-hybridized carbons (Fsp3) is 0.462. The first-order chi connectivity index (χ1) is 8.72. The Kier molecular flexibility index (Phi) is 2.99. The summed E-state index contributed by atoms with van der Waals surface area (Å²) in [5, 5.41) is 0. The van der Waals surface area contributed by atoms with Gasteiger partial charge in [0.25, 0.3) is 0 Å². The van der Waals surface area contributed by atoms with Gasteiger partial charge in [0.15, 0.2) is 11.6 Å². The molecule has 2 aromatic rings. The number of hydrogen-bond donors (Lipinski definition) is 1. The Hall–Kier alpha value is -1.49. The maximum Gasteiger partial charge on any atom is 0.161 e. The second kappa shape index (κ2) is 4.65. The minimum absolute atomic E-state index is 0.298. The molecular formula is C13H14F2N2O. The number of hydrogen-bond acceptors (Lipinski definition) is 2. The number of aromatic nitrogens is 2. The van der Waals surface area contributed by atoms with Crippen LogP contribution in [0.1, 0.15) is 25.1 Å². The van der Waals surface area contributed by atoms with Gasteiger partial charge in [0.1, 0.15) is 5.82 Å². The van der Waals surface area contributed by atoms with E-state index in [1.54, 1.807) is 0 Å². The molecule has 5 heteroatoms. The number of nitrogens with zero attached hydrogens (tertiary/aromatic N) is 1. The predicted octanol–water partition coefficient (Wildman–Crippen LogP) is 2.95. The SMILES string of the molecule is Fc1cc2nc(CCC3CCCO3)[nH]c2cc1F. The summed E-state index contributed by atoms with van der Waals surface area (Å²) < 4.78 is 31.6. The fourth-order valence-corrected chi connectivity index (χ4v) is 2.35. The summed E-state index contributed by atoms with van der Waals surface area (Å²) in [6, 6.07) is 2.27. The van der Waals surface area contributed by atoms with E-state index in [-0.39, 0.29) is 0 Å². The third kappa shape index (κ3) is 2.22. The number of H-pyrrole nitrogens is 1.